The van der Waals surface area contributed by atoms with Gasteiger partial charge in [-0.25, -0.2) is 9.18 Å². The van der Waals surface area contributed by atoms with Crippen LogP contribution in [0, 0.1) is 11.7 Å². The fourth-order valence-electron chi connectivity index (χ4n) is 3.01. The number of hydrogen-bond acceptors (Lipinski definition) is 5. The zero-order chi connectivity index (χ0) is 21.4. The normalized spacial score (nSPS) is 11.3. The predicted octanol–water partition coefficient (Wildman–Crippen LogP) is 4.66. The van der Waals surface area contributed by atoms with Gasteiger partial charge in [0, 0.05) is 25.3 Å². The number of anilines is 1. The molecule has 29 heavy (non-hydrogen) atoms. The van der Waals surface area contributed by atoms with Crippen molar-refractivity contribution in [3.63, 3.8) is 0 Å². The Labute approximate surface area is 171 Å². The van der Waals surface area contributed by atoms with E-state index in [-0.39, 0.29) is 17.9 Å². The molecule has 0 amide bonds. The van der Waals surface area contributed by atoms with Gasteiger partial charge in [-0.15, -0.1) is 0 Å². The Morgan fingerprint density at radius 2 is 1.90 bits per heavy atom. The van der Waals surface area contributed by atoms with Crippen LogP contribution in [0.2, 0.25) is 0 Å². The van der Waals surface area contributed by atoms with Gasteiger partial charge in [-0.2, -0.15) is 0 Å². The lowest BCUT2D eigenvalue weighted by molar-refractivity contribution is -0.133. The summed E-state index contributed by atoms with van der Waals surface area (Å²) in [5, 5.41) is 0. The van der Waals surface area contributed by atoms with Gasteiger partial charge in [0.2, 0.25) is 0 Å². The molecular weight excluding hydrogens is 373 g/mol. The van der Waals surface area contributed by atoms with Crippen LogP contribution in [0.4, 0.5) is 10.1 Å². The minimum atomic E-state index is -0.525. The van der Waals surface area contributed by atoms with Crippen LogP contribution in [0.5, 0.6) is 5.75 Å². The highest BCUT2D eigenvalue weighted by Crippen LogP contribution is 2.26. The molecule has 0 spiro atoms. The molecule has 6 heteroatoms. The van der Waals surface area contributed by atoms with Gasteiger partial charge < -0.3 is 19.1 Å². The third kappa shape index (κ3) is 5.98. The fourth-order valence-corrected chi connectivity index (χ4v) is 3.01. The molecule has 0 atom stereocenters. The van der Waals surface area contributed by atoms with Gasteiger partial charge >= 0.3 is 5.97 Å². The third-order valence-electron chi connectivity index (χ3n) is 4.33. The summed E-state index contributed by atoms with van der Waals surface area (Å²) < 4.78 is 30.1. The van der Waals surface area contributed by atoms with E-state index in [9.17, 15) is 9.18 Å². The first-order valence-electron chi connectivity index (χ1n) is 9.40. The van der Waals surface area contributed by atoms with Crippen LogP contribution < -0.4 is 9.64 Å². The molecule has 0 aromatic heterocycles. The van der Waals surface area contributed by atoms with Gasteiger partial charge in [-0.05, 0) is 29.2 Å². The van der Waals surface area contributed by atoms with Crippen molar-refractivity contribution in [3.05, 3.63) is 65.7 Å². The first-order valence-corrected chi connectivity index (χ1v) is 9.40. The van der Waals surface area contributed by atoms with Crippen molar-refractivity contribution in [2.24, 2.45) is 5.92 Å². The Morgan fingerprint density at radius 3 is 2.52 bits per heavy atom. The monoisotopic (exact) mass is 401 g/mol. The zero-order valence-corrected chi connectivity index (χ0v) is 17.6. The van der Waals surface area contributed by atoms with Gasteiger partial charge in [0.25, 0.3) is 0 Å². The molecule has 0 bridgehead atoms. The number of hydrogen-bond donors (Lipinski definition) is 0. The van der Waals surface area contributed by atoms with Crippen molar-refractivity contribution in [1.29, 1.82) is 0 Å². The van der Waals surface area contributed by atoms with Crippen LogP contribution in [0.1, 0.15) is 25.0 Å². The summed E-state index contributed by atoms with van der Waals surface area (Å²) in [6.07, 6.45) is 1.32. The summed E-state index contributed by atoms with van der Waals surface area (Å²) in [6, 6.07) is 12.1. The number of esters is 1. The van der Waals surface area contributed by atoms with Crippen LogP contribution in [-0.4, -0.2) is 33.8 Å². The number of benzene rings is 2. The molecule has 156 valence electrons. The molecule has 0 aliphatic carbocycles. The molecule has 2 aromatic rings. The number of ether oxygens (including phenoxy) is 3. The third-order valence-corrected chi connectivity index (χ3v) is 4.33. The highest BCUT2D eigenvalue weighted by atomic mass is 19.1. The number of methoxy groups -OCH3 is 2. The topological polar surface area (TPSA) is 48.0 Å². The predicted molar refractivity (Wildman–Crippen MR) is 112 cm³/mol. The quantitative estimate of drug-likeness (QED) is 0.348. The van der Waals surface area contributed by atoms with E-state index in [2.05, 4.69) is 13.8 Å². The van der Waals surface area contributed by atoms with Gasteiger partial charge in [0.05, 0.1) is 20.5 Å². The van der Waals surface area contributed by atoms with E-state index in [0.29, 0.717) is 17.0 Å². The second-order valence-electron chi connectivity index (χ2n) is 7.09. The van der Waals surface area contributed by atoms with Crippen molar-refractivity contribution in [1.82, 2.24) is 0 Å². The van der Waals surface area contributed by atoms with E-state index in [4.69, 9.17) is 14.2 Å². The largest absolute Gasteiger partial charge is 0.503 e. The summed E-state index contributed by atoms with van der Waals surface area (Å²) in [6.45, 7) is 5.15. The van der Waals surface area contributed by atoms with Crippen molar-refractivity contribution < 1.29 is 23.4 Å². The molecule has 0 aliphatic heterocycles. The zero-order valence-electron chi connectivity index (χ0n) is 17.6. The lowest BCUT2D eigenvalue weighted by atomic mass is 10.0. The molecule has 5 nitrogen and oxygen atoms in total. The molecule has 0 saturated heterocycles. The average Bonchev–Trinajstić information content (AvgIpc) is 2.70. The average molecular weight is 401 g/mol. The van der Waals surface area contributed by atoms with Crippen LogP contribution in [-0.2, 0) is 20.9 Å². The van der Waals surface area contributed by atoms with Crippen molar-refractivity contribution in [3.8, 4) is 5.75 Å². The SMILES string of the molecule is COC=C(C(=O)OC)c1ccccc1COc1ccc(N(C)CC(C)C)cc1F. The molecule has 0 saturated carbocycles. The molecule has 2 rings (SSSR count). The molecule has 2 aromatic carbocycles. The molecule has 0 unspecified atom stereocenters. The molecule has 0 aliphatic rings. The van der Waals surface area contributed by atoms with Crippen LogP contribution in [0.15, 0.2) is 48.7 Å². The summed E-state index contributed by atoms with van der Waals surface area (Å²) in [5.74, 6) is -0.337. The highest BCUT2D eigenvalue weighted by molar-refractivity contribution is 6.16. The lowest BCUT2D eigenvalue weighted by Gasteiger charge is -2.22. The maximum atomic E-state index is 14.6. The standard InChI is InChI=1S/C23H28FNO4/c1-16(2)13-25(3)18-10-11-22(21(24)12-18)29-14-17-8-6-7-9-19(17)20(15-27-4)23(26)28-5/h6-12,15-16H,13-14H2,1-5H3. The first-order chi connectivity index (χ1) is 13.9. The minimum Gasteiger partial charge on any atom is -0.503 e. The van der Waals surface area contributed by atoms with Crippen LogP contribution >= 0.6 is 0 Å². The highest BCUT2D eigenvalue weighted by Gasteiger charge is 2.17. The maximum absolute atomic E-state index is 14.6. The van der Waals surface area contributed by atoms with Crippen molar-refractivity contribution in [2.45, 2.75) is 20.5 Å². The van der Waals surface area contributed by atoms with Gasteiger partial charge in [0.1, 0.15) is 12.2 Å². The fraction of sp³-hybridized carbons (Fsp3) is 0.348. The lowest BCUT2D eigenvalue weighted by Crippen LogP contribution is -2.22. The molecule has 0 radical (unpaired) electrons. The second-order valence-corrected chi connectivity index (χ2v) is 7.09. The Morgan fingerprint density at radius 1 is 1.17 bits per heavy atom. The first kappa shape index (κ1) is 22.3. The van der Waals surface area contributed by atoms with E-state index < -0.39 is 11.8 Å². The number of carbonyl (C=O) groups is 1. The number of halogens is 1. The van der Waals surface area contributed by atoms with Crippen molar-refractivity contribution >= 4 is 17.2 Å². The summed E-state index contributed by atoms with van der Waals surface area (Å²) in [5.41, 5.74) is 2.37. The summed E-state index contributed by atoms with van der Waals surface area (Å²) in [7, 11) is 4.69. The van der Waals surface area contributed by atoms with Gasteiger partial charge in [0.15, 0.2) is 11.6 Å². The van der Waals surface area contributed by atoms with Crippen LogP contribution in [0.25, 0.3) is 5.57 Å². The van der Waals surface area contributed by atoms with Crippen molar-refractivity contribution in [2.75, 3.05) is 32.7 Å². The van der Waals surface area contributed by atoms with E-state index >= 15 is 0 Å². The van der Waals surface area contributed by atoms with Gasteiger partial charge in [-0.3, -0.25) is 0 Å². The number of rotatable bonds is 9. The van der Waals surface area contributed by atoms with E-state index in [0.717, 1.165) is 12.2 Å². The summed E-state index contributed by atoms with van der Waals surface area (Å²) in [4.78, 5) is 14.1. The van der Waals surface area contributed by atoms with E-state index in [1.165, 1.54) is 26.5 Å². The molecule has 0 fully saturated rings. The number of carbonyl (C=O) groups excluding carboxylic acids is 1. The minimum absolute atomic E-state index is 0.0896. The summed E-state index contributed by atoms with van der Waals surface area (Å²) >= 11 is 0. The van der Waals surface area contributed by atoms with E-state index in [1.807, 2.05) is 30.1 Å². The molecule has 0 heterocycles. The Hall–Kier alpha value is -3.02. The molecule has 0 N–H and O–H groups in total. The second kappa shape index (κ2) is 10.5. The maximum Gasteiger partial charge on any atom is 0.341 e. The van der Waals surface area contributed by atoms with Crippen LogP contribution in [0.3, 0.4) is 0 Å². The Balaban J connectivity index is 2.20. The Bertz CT molecular complexity index is 864. The smallest absolute Gasteiger partial charge is 0.341 e. The number of nitrogens with zero attached hydrogens (tertiary/aromatic N) is 1. The van der Waals surface area contributed by atoms with Gasteiger partial charge in [-0.1, -0.05) is 38.1 Å². The molecular formula is C23H28FNO4. The van der Waals surface area contributed by atoms with E-state index in [1.54, 1.807) is 18.2 Å². The Kier molecular flexibility index (Phi) is 8.07.